The van der Waals surface area contributed by atoms with Gasteiger partial charge in [0.15, 0.2) is 0 Å². The van der Waals surface area contributed by atoms with Gasteiger partial charge in [-0.2, -0.15) is 0 Å². The van der Waals surface area contributed by atoms with E-state index in [1.54, 1.807) is 17.8 Å². The minimum Gasteiger partial charge on any atom is -0.303 e. The largest absolute Gasteiger partial charge is 0.303 e. The topological polar surface area (TPSA) is 12.0 Å². The van der Waals surface area contributed by atoms with Gasteiger partial charge in [0.1, 0.15) is 5.82 Å². The molecule has 2 heterocycles. The van der Waals surface area contributed by atoms with Gasteiger partial charge in [0.25, 0.3) is 0 Å². The van der Waals surface area contributed by atoms with Crippen LogP contribution >= 0.6 is 23.1 Å². The fraction of sp³-hybridized carbons (Fsp3) is 0.412. The fourth-order valence-corrected chi connectivity index (χ4v) is 5.19. The number of aryl methyl sites for hydroxylation is 2. The maximum Gasteiger partial charge on any atom is 0.137 e. The SMILES string of the molecule is Cc1cc(C(C)NC2CCSc3c(F)cccc32)c(C)s1. The van der Waals surface area contributed by atoms with Gasteiger partial charge in [-0.3, -0.25) is 0 Å². The molecule has 0 saturated carbocycles. The summed E-state index contributed by atoms with van der Waals surface area (Å²) in [5.41, 5.74) is 2.48. The lowest BCUT2D eigenvalue weighted by molar-refractivity contribution is 0.443. The molecule has 0 radical (unpaired) electrons. The summed E-state index contributed by atoms with van der Waals surface area (Å²) in [5, 5.41) is 3.70. The van der Waals surface area contributed by atoms with Gasteiger partial charge in [0.05, 0.1) is 0 Å². The first kappa shape index (κ1) is 15.1. The molecule has 0 fully saturated rings. The molecule has 1 N–H and O–H groups in total. The van der Waals surface area contributed by atoms with Crippen molar-refractivity contribution in [1.29, 1.82) is 0 Å². The molecule has 0 aliphatic carbocycles. The Hall–Kier alpha value is -0.840. The van der Waals surface area contributed by atoms with Gasteiger partial charge in [0, 0.05) is 26.7 Å². The molecule has 3 rings (SSSR count). The minimum atomic E-state index is -0.0841. The number of halogens is 1. The number of hydrogen-bond acceptors (Lipinski definition) is 3. The number of benzene rings is 1. The molecular weight excluding hydrogens is 301 g/mol. The van der Waals surface area contributed by atoms with Crippen molar-refractivity contribution in [3.05, 3.63) is 51.0 Å². The van der Waals surface area contributed by atoms with E-state index >= 15 is 0 Å². The fourth-order valence-electron chi connectivity index (χ4n) is 3.03. The number of rotatable bonds is 3. The summed E-state index contributed by atoms with van der Waals surface area (Å²) in [6.07, 6.45) is 1.05. The van der Waals surface area contributed by atoms with E-state index in [4.69, 9.17) is 0 Å². The van der Waals surface area contributed by atoms with Crippen molar-refractivity contribution in [2.45, 2.75) is 44.2 Å². The van der Waals surface area contributed by atoms with E-state index in [1.807, 2.05) is 17.4 Å². The van der Waals surface area contributed by atoms with Gasteiger partial charge in [-0.15, -0.1) is 23.1 Å². The van der Waals surface area contributed by atoms with E-state index in [9.17, 15) is 4.39 Å². The van der Waals surface area contributed by atoms with Crippen LogP contribution in [0, 0.1) is 19.7 Å². The molecule has 1 aromatic heterocycles. The maximum absolute atomic E-state index is 13.9. The molecule has 2 atom stereocenters. The first-order chi connectivity index (χ1) is 10.1. The standard InChI is InChI=1S/C17H20FNS2/c1-10-9-14(12(3)21-10)11(2)19-16-7-8-20-17-13(16)5-4-6-15(17)18/h4-6,9,11,16,19H,7-8H2,1-3H3. The lowest BCUT2D eigenvalue weighted by Gasteiger charge is -2.29. The molecule has 0 amide bonds. The summed E-state index contributed by atoms with van der Waals surface area (Å²) >= 11 is 3.48. The van der Waals surface area contributed by atoms with Crippen LogP contribution in [0.25, 0.3) is 0 Å². The first-order valence-corrected chi connectivity index (χ1v) is 9.10. The summed E-state index contributed by atoms with van der Waals surface area (Å²) in [7, 11) is 0. The Bertz CT molecular complexity index is 650. The second kappa shape index (κ2) is 6.11. The Balaban J connectivity index is 1.84. The van der Waals surface area contributed by atoms with Crippen molar-refractivity contribution in [2.75, 3.05) is 5.75 Å². The number of thiophene rings is 1. The molecule has 2 unspecified atom stereocenters. The Morgan fingerprint density at radius 2 is 2.14 bits per heavy atom. The van der Waals surface area contributed by atoms with Gasteiger partial charge in [-0.25, -0.2) is 4.39 Å². The summed E-state index contributed by atoms with van der Waals surface area (Å²) in [6.45, 7) is 6.53. The molecule has 1 aliphatic rings. The molecule has 1 nitrogen and oxygen atoms in total. The van der Waals surface area contributed by atoms with E-state index in [2.05, 4.69) is 38.2 Å². The van der Waals surface area contributed by atoms with E-state index in [1.165, 1.54) is 15.3 Å². The van der Waals surface area contributed by atoms with E-state index < -0.39 is 0 Å². The first-order valence-electron chi connectivity index (χ1n) is 7.30. The third kappa shape index (κ3) is 3.03. The molecule has 112 valence electrons. The monoisotopic (exact) mass is 321 g/mol. The van der Waals surface area contributed by atoms with Crippen LogP contribution in [-0.2, 0) is 0 Å². The molecule has 0 bridgehead atoms. The lowest BCUT2D eigenvalue weighted by Crippen LogP contribution is -2.27. The van der Waals surface area contributed by atoms with Gasteiger partial charge in [0.2, 0.25) is 0 Å². The van der Waals surface area contributed by atoms with Crippen LogP contribution in [-0.4, -0.2) is 5.75 Å². The van der Waals surface area contributed by atoms with E-state index in [-0.39, 0.29) is 11.9 Å². The quantitative estimate of drug-likeness (QED) is 0.813. The Morgan fingerprint density at radius 3 is 2.86 bits per heavy atom. The lowest BCUT2D eigenvalue weighted by atomic mass is 10.0. The zero-order chi connectivity index (χ0) is 15.0. The Labute approximate surface area is 134 Å². The Morgan fingerprint density at radius 1 is 1.33 bits per heavy atom. The molecule has 4 heteroatoms. The summed E-state index contributed by atoms with van der Waals surface area (Å²) in [4.78, 5) is 3.55. The van der Waals surface area contributed by atoms with Crippen LogP contribution in [0.1, 0.15) is 46.3 Å². The van der Waals surface area contributed by atoms with Crippen molar-refractivity contribution in [2.24, 2.45) is 0 Å². The molecule has 0 spiro atoms. The van der Waals surface area contributed by atoms with Crippen molar-refractivity contribution < 1.29 is 4.39 Å². The molecule has 0 saturated heterocycles. The van der Waals surface area contributed by atoms with Crippen molar-refractivity contribution in [3.63, 3.8) is 0 Å². The second-order valence-corrected chi connectivity index (χ2v) is 8.17. The molecule has 2 aromatic rings. The number of thioether (sulfide) groups is 1. The van der Waals surface area contributed by atoms with Crippen LogP contribution in [0.5, 0.6) is 0 Å². The van der Waals surface area contributed by atoms with Gasteiger partial charge < -0.3 is 5.32 Å². The summed E-state index contributed by atoms with van der Waals surface area (Å²) in [6, 6.07) is 8.23. The molecule has 21 heavy (non-hydrogen) atoms. The third-order valence-electron chi connectivity index (χ3n) is 4.02. The predicted octanol–water partition coefficient (Wildman–Crippen LogP) is 5.39. The average molecular weight is 321 g/mol. The van der Waals surface area contributed by atoms with Gasteiger partial charge in [-0.1, -0.05) is 12.1 Å². The summed E-state index contributed by atoms with van der Waals surface area (Å²) in [5.74, 6) is 0.888. The normalized spacial score (nSPS) is 19.3. The van der Waals surface area contributed by atoms with Crippen LogP contribution < -0.4 is 5.32 Å². The second-order valence-electron chi connectivity index (χ2n) is 5.60. The average Bonchev–Trinajstić information content (AvgIpc) is 2.79. The number of nitrogens with one attached hydrogen (secondary N) is 1. The predicted molar refractivity (Wildman–Crippen MR) is 89.8 cm³/mol. The van der Waals surface area contributed by atoms with Crippen LogP contribution in [0.2, 0.25) is 0 Å². The highest BCUT2D eigenvalue weighted by molar-refractivity contribution is 7.99. The van der Waals surface area contributed by atoms with Crippen molar-refractivity contribution in [1.82, 2.24) is 5.32 Å². The highest BCUT2D eigenvalue weighted by Crippen LogP contribution is 2.39. The molecule has 1 aromatic carbocycles. The van der Waals surface area contributed by atoms with Crippen LogP contribution in [0.3, 0.4) is 0 Å². The highest BCUT2D eigenvalue weighted by Gasteiger charge is 2.25. The highest BCUT2D eigenvalue weighted by atomic mass is 32.2. The summed E-state index contributed by atoms with van der Waals surface area (Å²) < 4.78 is 13.9. The smallest absolute Gasteiger partial charge is 0.137 e. The molecule has 1 aliphatic heterocycles. The van der Waals surface area contributed by atoms with Crippen molar-refractivity contribution in [3.8, 4) is 0 Å². The zero-order valence-electron chi connectivity index (χ0n) is 12.6. The van der Waals surface area contributed by atoms with Crippen LogP contribution in [0.4, 0.5) is 4.39 Å². The minimum absolute atomic E-state index is 0.0841. The third-order valence-corrected chi connectivity index (χ3v) is 6.16. The van der Waals surface area contributed by atoms with Gasteiger partial charge >= 0.3 is 0 Å². The number of hydrogen-bond donors (Lipinski definition) is 1. The Kier molecular flexibility index (Phi) is 4.38. The number of fused-ring (bicyclic) bond motifs is 1. The maximum atomic E-state index is 13.9. The van der Waals surface area contributed by atoms with Crippen LogP contribution in [0.15, 0.2) is 29.2 Å². The van der Waals surface area contributed by atoms with E-state index in [0.717, 1.165) is 22.6 Å². The molecular formula is C17H20FNS2. The van der Waals surface area contributed by atoms with Gasteiger partial charge in [-0.05, 0) is 56.2 Å². The van der Waals surface area contributed by atoms with E-state index in [0.29, 0.717) is 6.04 Å². The van der Waals surface area contributed by atoms with Crippen molar-refractivity contribution >= 4 is 23.1 Å². The zero-order valence-corrected chi connectivity index (χ0v) is 14.2.